The summed E-state index contributed by atoms with van der Waals surface area (Å²) in [7, 11) is 0. The Kier molecular flexibility index (Phi) is 3.35. The Morgan fingerprint density at radius 1 is 0.917 bits per heavy atom. The van der Waals surface area contributed by atoms with Gasteiger partial charge < -0.3 is 0 Å². The van der Waals surface area contributed by atoms with Gasteiger partial charge in [-0.05, 0) is 26.2 Å². The highest BCUT2D eigenvalue weighted by atomic mass is 127. The molecule has 3 heteroatoms. The topological polar surface area (TPSA) is 0 Å². The smallest absolute Gasteiger partial charge is 0.0443 e. The maximum atomic E-state index is 6.43. The summed E-state index contributed by atoms with van der Waals surface area (Å²) in [5.41, 5.74) is 0. The van der Waals surface area contributed by atoms with Crippen molar-refractivity contribution in [3.8, 4) is 0 Å². The van der Waals surface area contributed by atoms with E-state index in [1.54, 1.807) is 0 Å². The Bertz CT molecular complexity index is 140. The van der Waals surface area contributed by atoms with Crippen molar-refractivity contribution in [1.82, 2.24) is 0 Å². The summed E-state index contributed by atoms with van der Waals surface area (Å²) in [5, 5.41) is 0. The van der Waals surface area contributed by atoms with Crippen LogP contribution in [0, 0.1) is 0 Å². The van der Waals surface area contributed by atoms with Gasteiger partial charge in [0, 0.05) is 11.7 Å². The standard InChI is InChI=1S/C9H15ClI2/c1-7(10)4-8(2,11)6-9(3,12)5-7/h4-6H2,1-3H3. The molecule has 0 aliphatic heterocycles. The third-order valence-electron chi connectivity index (χ3n) is 2.21. The van der Waals surface area contributed by atoms with Crippen LogP contribution in [0.2, 0.25) is 0 Å². The highest BCUT2D eigenvalue weighted by Gasteiger charge is 2.45. The largest absolute Gasteiger partial charge is 0.120 e. The average molecular weight is 412 g/mol. The fraction of sp³-hybridized carbons (Fsp3) is 1.00. The summed E-state index contributed by atoms with van der Waals surface area (Å²) in [6.07, 6.45) is 3.52. The molecule has 1 rings (SSSR count). The molecule has 0 spiro atoms. The molecule has 0 aromatic rings. The SMILES string of the molecule is CC1(Cl)CC(C)(I)CC(C)(I)C1. The van der Waals surface area contributed by atoms with Crippen LogP contribution in [-0.4, -0.2) is 11.7 Å². The summed E-state index contributed by atoms with van der Waals surface area (Å²) in [6.45, 7) is 6.79. The Labute approximate surface area is 107 Å². The van der Waals surface area contributed by atoms with Crippen molar-refractivity contribution in [2.45, 2.75) is 51.8 Å². The molecule has 1 aliphatic rings. The van der Waals surface area contributed by atoms with Gasteiger partial charge in [0.15, 0.2) is 0 Å². The molecule has 0 bridgehead atoms. The van der Waals surface area contributed by atoms with E-state index in [4.69, 9.17) is 11.6 Å². The Balaban J connectivity index is 2.81. The molecule has 0 heterocycles. The molecule has 2 unspecified atom stereocenters. The molecule has 72 valence electrons. The molecule has 0 amide bonds. The molecule has 1 saturated carbocycles. The zero-order valence-corrected chi connectivity index (χ0v) is 12.8. The zero-order chi connectivity index (χ0) is 9.62. The van der Waals surface area contributed by atoms with Crippen molar-refractivity contribution in [1.29, 1.82) is 0 Å². The van der Waals surface area contributed by atoms with Crippen LogP contribution in [-0.2, 0) is 0 Å². The molecule has 0 aromatic carbocycles. The Morgan fingerprint density at radius 3 is 1.50 bits per heavy atom. The molecule has 0 radical (unpaired) electrons. The second kappa shape index (κ2) is 3.40. The van der Waals surface area contributed by atoms with Crippen molar-refractivity contribution >= 4 is 56.8 Å². The van der Waals surface area contributed by atoms with E-state index in [2.05, 4.69) is 66.0 Å². The summed E-state index contributed by atoms with van der Waals surface area (Å²) in [5.74, 6) is 0. The highest BCUT2D eigenvalue weighted by Crippen LogP contribution is 2.51. The van der Waals surface area contributed by atoms with Gasteiger partial charge in [-0.15, -0.1) is 11.6 Å². The monoisotopic (exact) mass is 412 g/mol. The van der Waals surface area contributed by atoms with Gasteiger partial charge in [-0.2, -0.15) is 0 Å². The number of rotatable bonds is 0. The number of alkyl halides is 3. The van der Waals surface area contributed by atoms with Crippen molar-refractivity contribution in [3.63, 3.8) is 0 Å². The summed E-state index contributed by atoms with van der Waals surface area (Å²) < 4.78 is 0.755. The van der Waals surface area contributed by atoms with E-state index in [0.717, 1.165) is 12.8 Å². The van der Waals surface area contributed by atoms with Crippen LogP contribution in [0.15, 0.2) is 0 Å². The average Bonchev–Trinajstić information content (AvgIpc) is 1.44. The van der Waals surface area contributed by atoms with E-state index in [0.29, 0.717) is 6.84 Å². The van der Waals surface area contributed by atoms with Crippen molar-refractivity contribution < 1.29 is 0 Å². The molecule has 0 aromatic heterocycles. The fourth-order valence-corrected chi connectivity index (χ4v) is 7.63. The normalized spacial score (nSPS) is 55.5. The number of hydrogen-bond donors (Lipinski definition) is 0. The first-order valence-electron chi connectivity index (χ1n) is 4.19. The van der Waals surface area contributed by atoms with E-state index in [9.17, 15) is 0 Å². The molecule has 1 fully saturated rings. The Morgan fingerprint density at radius 2 is 1.25 bits per heavy atom. The lowest BCUT2D eigenvalue weighted by molar-refractivity contribution is 0.326. The quantitative estimate of drug-likeness (QED) is 0.404. The van der Waals surface area contributed by atoms with Crippen LogP contribution >= 0.6 is 56.8 Å². The minimum atomic E-state index is 0.00410. The molecular weight excluding hydrogens is 397 g/mol. The van der Waals surface area contributed by atoms with Gasteiger partial charge in [0.05, 0.1) is 0 Å². The first kappa shape index (κ1) is 11.8. The lowest BCUT2D eigenvalue weighted by Crippen LogP contribution is -2.44. The highest BCUT2D eigenvalue weighted by molar-refractivity contribution is 14.1. The van der Waals surface area contributed by atoms with E-state index in [1.165, 1.54) is 6.42 Å². The molecule has 12 heavy (non-hydrogen) atoms. The van der Waals surface area contributed by atoms with Crippen LogP contribution in [0.5, 0.6) is 0 Å². The maximum absolute atomic E-state index is 6.43. The molecule has 0 nitrogen and oxygen atoms in total. The second-order valence-corrected chi connectivity index (χ2v) is 10.9. The number of halogens is 3. The van der Waals surface area contributed by atoms with Gasteiger partial charge in [0.25, 0.3) is 0 Å². The van der Waals surface area contributed by atoms with E-state index in [1.807, 2.05) is 0 Å². The minimum Gasteiger partial charge on any atom is -0.120 e. The first-order valence-corrected chi connectivity index (χ1v) is 6.72. The number of hydrogen-bond acceptors (Lipinski definition) is 0. The molecule has 0 saturated heterocycles. The third-order valence-corrected chi connectivity index (χ3v) is 4.00. The zero-order valence-electron chi connectivity index (χ0n) is 7.76. The predicted molar refractivity (Wildman–Crippen MR) is 73.0 cm³/mol. The maximum Gasteiger partial charge on any atom is 0.0443 e. The fourth-order valence-electron chi connectivity index (χ4n) is 2.49. The van der Waals surface area contributed by atoms with Crippen LogP contribution in [0.3, 0.4) is 0 Å². The molecule has 0 N–H and O–H groups in total. The van der Waals surface area contributed by atoms with Gasteiger partial charge in [0.2, 0.25) is 0 Å². The molecular formula is C9H15ClI2. The van der Waals surface area contributed by atoms with Gasteiger partial charge in [-0.1, -0.05) is 59.0 Å². The van der Waals surface area contributed by atoms with Crippen molar-refractivity contribution in [2.24, 2.45) is 0 Å². The minimum absolute atomic E-state index is 0.00410. The predicted octanol–water partition coefficient (Wildman–Crippen LogP) is 4.56. The van der Waals surface area contributed by atoms with Crippen LogP contribution in [0.25, 0.3) is 0 Å². The summed E-state index contributed by atoms with van der Waals surface area (Å²) in [4.78, 5) is 0.00410. The van der Waals surface area contributed by atoms with E-state index >= 15 is 0 Å². The van der Waals surface area contributed by atoms with Crippen LogP contribution < -0.4 is 0 Å². The van der Waals surface area contributed by atoms with Crippen LogP contribution in [0.4, 0.5) is 0 Å². The van der Waals surface area contributed by atoms with Crippen molar-refractivity contribution in [2.75, 3.05) is 0 Å². The third kappa shape index (κ3) is 3.48. The summed E-state index contributed by atoms with van der Waals surface area (Å²) >= 11 is 11.5. The molecule has 1 aliphatic carbocycles. The Hall–Kier alpha value is 1.75. The van der Waals surface area contributed by atoms with Gasteiger partial charge in [-0.3, -0.25) is 0 Å². The van der Waals surface area contributed by atoms with Gasteiger partial charge in [-0.25, -0.2) is 0 Å². The second-order valence-electron chi connectivity index (χ2n) is 4.77. The van der Waals surface area contributed by atoms with E-state index in [-0.39, 0.29) is 4.87 Å². The van der Waals surface area contributed by atoms with Gasteiger partial charge in [0.1, 0.15) is 0 Å². The van der Waals surface area contributed by atoms with Crippen LogP contribution in [0.1, 0.15) is 40.0 Å². The first-order chi connectivity index (χ1) is 5.12. The summed E-state index contributed by atoms with van der Waals surface area (Å²) in [6, 6.07) is 0. The van der Waals surface area contributed by atoms with Gasteiger partial charge >= 0.3 is 0 Å². The van der Waals surface area contributed by atoms with Crippen molar-refractivity contribution in [3.05, 3.63) is 0 Å². The lowest BCUT2D eigenvalue weighted by Gasteiger charge is -2.45. The molecule has 2 atom stereocenters. The van der Waals surface area contributed by atoms with E-state index < -0.39 is 0 Å². The lowest BCUT2D eigenvalue weighted by atomic mass is 9.77.